The standard InChI is InChI=1S/C21H19N7S/c1-5-22-6-2-12(1)16-9-15-17(10-24-16)27-28-19(15)21-25-18-14(13-4-8-29-11-13)3-7-23-20(18)26-21/h3-4,7-12,22H,1-2,5-6H2,(H,27,28)(H,23,25,26). The molecule has 6 rings (SSSR count). The van der Waals surface area contributed by atoms with Crippen molar-refractivity contribution in [1.82, 2.24) is 35.5 Å². The quantitative estimate of drug-likeness (QED) is 0.423. The zero-order valence-electron chi connectivity index (χ0n) is 15.6. The fourth-order valence-corrected chi connectivity index (χ4v) is 4.79. The number of fused-ring (bicyclic) bond motifs is 2. The second-order valence-electron chi connectivity index (χ2n) is 7.41. The molecule has 0 unspecified atom stereocenters. The van der Waals surface area contributed by atoms with Gasteiger partial charge in [-0.1, -0.05) is 0 Å². The van der Waals surface area contributed by atoms with Gasteiger partial charge in [0.1, 0.15) is 5.69 Å². The van der Waals surface area contributed by atoms with Crippen LogP contribution in [0.2, 0.25) is 0 Å². The Labute approximate surface area is 170 Å². The summed E-state index contributed by atoms with van der Waals surface area (Å²) < 4.78 is 0. The molecule has 8 heteroatoms. The van der Waals surface area contributed by atoms with Crippen molar-refractivity contribution in [3.8, 4) is 22.6 Å². The van der Waals surface area contributed by atoms with Crippen molar-refractivity contribution in [3.05, 3.63) is 47.0 Å². The van der Waals surface area contributed by atoms with Crippen LogP contribution in [0.25, 0.3) is 44.7 Å². The van der Waals surface area contributed by atoms with Gasteiger partial charge in [0.2, 0.25) is 0 Å². The highest BCUT2D eigenvalue weighted by Gasteiger charge is 2.20. The number of rotatable bonds is 3. The molecule has 0 bridgehead atoms. The number of aromatic nitrogens is 6. The lowest BCUT2D eigenvalue weighted by Gasteiger charge is -2.21. The number of hydrogen-bond acceptors (Lipinski definition) is 6. The van der Waals surface area contributed by atoms with Gasteiger partial charge in [-0.3, -0.25) is 10.1 Å². The van der Waals surface area contributed by atoms with Gasteiger partial charge in [0, 0.05) is 28.8 Å². The largest absolute Gasteiger partial charge is 0.335 e. The van der Waals surface area contributed by atoms with Crippen LogP contribution >= 0.6 is 11.3 Å². The third kappa shape index (κ3) is 2.83. The second kappa shape index (κ2) is 6.75. The lowest BCUT2D eigenvalue weighted by atomic mass is 9.93. The molecule has 1 saturated heterocycles. The Morgan fingerprint density at radius 1 is 1.10 bits per heavy atom. The van der Waals surface area contributed by atoms with Crippen LogP contribution in [0.4, 0.5) is 0 Å². The van der Waals surface area contributed by atoms with E-state index in [4.69, 9.17) is 4.98 Å². The molecule has 0 spiro atoms. The summed E-state index contributed by atoms with van der Waals surface area (Å²) >= 11 is 1.68. The summed E-state index contributed by atoms with van der Waals surface area (Å²) in [6.07, 6.45) is 5.93. The molecule has 0 radical (unpaired) electrons. The molecule has 0 aromatic carbocycles. The summed E-state index contributed by atoms with van der Waals surface area (Å²) in [5.74, 6) is 1.22. The molecule has 1 fully saturated rings. The van der Waals surface area contributed by atoms with E-state index in [9.17, 15) is 0 Å². The summed E-state index contributed by atoms with van der Waals surface area (Å²) in [6.45, 7) is 2.09. The van der Waals surface area contributed by atoms with Gasteiger partial charge in [-0.25, -0.2) is 9.97 Å². The van der Waals surface area contributed by atoms with Crippen molar-refractivity contribution in [3.63, 3.8) is 0 Å². The summed E-state index contributed by atoms with van der Waals surface area (Å²) in [5.41, 5.74) is 6.77. The van der Waals surface area contributed by atoms with Crippen LogP contribution in [0.1, 0.15) is 24.5 Å². The molecule has 0 aliphatic carbocycles. The minimum absolute atomic E-state index is 0.492. The van der Waals surface area contributed by atoms with Gasteiger partial charge in [0.25, 0.3) is 0 Å². The SMILES string of the molecule is c1cc(-c2ccsc2)c2[nH]c(-c3n[nH]c4cnc(C5CCNCC5)cc34)nc2n1. The number of thiophene rings is 1. The monoisotopic (exact) mass is 401 g/mol. The smallest absolute Gasteiger partial charge is 0.178 e. The summed E-state index contributed by atoms with van der Waals surface area (Å²) in [6, 6.07) is 6.31. The molecule has 6 heterocycles. The average molecular weight is 401 g/mol. The minimum Gasteiger partial charge on any atom is -0.335 e. The lowest BCUT2D eigenvalue weighted by Crippen LogP contribution is -2.27. The minimum atomic E-state index is 0.492. The van der Waals surface area contributed by atoms with Crippen molar-refractivity contribution in [2.45, 2.75) is 18.8 Å². The van der Waals surface area contributed by atoms with Crippen LogP contribution in [0, 0.1) is 0 Å². The van der Waals surface area contributed by atoms with Crippen LogP contribution in [-0.4, -0.2) is 43.2 Å². The van der Waals surface area contributed by atoms with Crippen LogP contribution in [-0.2, 0) is 0 Å². The number of nitrogens with zero attached hydrogens (tertiary/aromatic N) is 4. The van der Waals surface area contributed by atoms with Crippen molar-refractivity contribution >= 4 is 33.4 Å². The van der Waals surface area contributed by atoms with Crippen molar-refractivity contribution in [2.24, 2.45) is 0 Å². The molecular formula is C21H19N7S. The van der Waals surface area contributed by atoms with E-state index in [0.29, 0.717) is 11.6 Å². The van der Waals surface area contributed by atoms with Gasteiger partial charge in [-0.2, -0.15) is 16.4 Å². The van der Waals surface area contributed by atoms with Gasteiger partial charge in [-0.05, 0) is 60.5 Å². The molecule has 0 atom stereocenters. The molecule has 3 N–H and O–H groups in total. The first-order valence-electron chi connectivity index (χ1n) is 9.79. The first-order valence-corrected chi connectivity index (χ1v) is 10.7. The van der Waals surface area contributed by atoms with Crippen LogP contribution in [0.3, 0.4) is 0 Å². The molecule has 144 valence electrons. The van der Waals surface area contributed by atoms with Crippen molar-refractivity contribution in [1.29, 1.82) is 0 Å². The van der Waals surface area contributed by atoms with Crippen LogP contribution in [0.5, 0.6) is 0 Å². The predicted octanol–water partition coefficient (Wildman–Crippen LogP) is 4.09. The van der Waals surface area contributed by atoms with E-state index < -0.39 is 0 Å². The zero-order valence-corrected chi connectivity index (χ0v) is 16.5. The topological polar surface area (TPSA) is 95.2 Å². The second-order valence-corrected chi connectivity index (χ2v) is 8.19. The van der Waals surface area contributed by atoms with Gasteiger partial charge in [0.15, 0.2) is 11.5 Å². The number of hydrogen-bond donors (Lipinski definition) is 3. The van der Waals surface area contributed by atoms with E-state index in [-0.39, 0.29) is 0 Å². The predicted molar refractivity (Wildman–Crippen MR) is 115 cm³/mol. The van der Waals surface area contributed by atoms with E-state index >= 15 is 0 Å². The Hall–Kier alpha value is -3.10. The van der Waals surface area contributed by atoms with E-state index in [0.717, 1.165) is 65.1 Å². The molecule has 0 saturated carbocycles. The Balaban J connectivity index is 1.48. The molecule has 0 amide bonds. The van der Waals surface area contributed by atoms with Crippen molar-refractivity contribution < 1.29 is 0 Å². The number of nitrogens with one attached hydrogen (secondary N) is 3. The number of pyridine rings is 2. The number of piperidine rings is 1. The van der Waals surface area contributed by atoms with Gasteiger partial charge in [-0.15, -0.1) is 0 Å². The Bertz CT molecular complexity index is 1300. The third-order valence-electron chi connectivity index (χ3n) is 5.67. The van der Waals surface area contributed by atoms with Crippen molar-refractivity contribution in [2.75, 3.05) is 13.1 Å². The van der Waals surface area contributed by atoms with E-state index in [1.807, 2.05) is 18.5 Å². The Morgan fingerprint density at radius 2 is 2.03 bits per heavy atom. The van der Waals surface area contributed by atoms with Crippen LogP contribution < -0.4 is 5.32 Å². The zero-order chi connectivity index (χ0) is 19.2. The molecular weight excluding hydrogens is 382 g/mol. The first kappa shape index (κ1) is 16.8. The molecule has 5 aromatic heterocycles. The van der Waals surface area contributed by atoms with Gasteiger partial charge >= 0.3 is 0 Å². The molecule has 1 aliphatic heterocycles. The summed E-state index contributed by atoms with van der Waals surface area (Å²) in [7, 11) is 0. The first-order chi connectivity index (χ1) is 14.4. The van der Waals surface area contributed by atoms with Crippen LogP contribution in [0.15, 0.2) is 41.4 Å². The third-order valence-corrected chi connectivity index (χ3v) is 6.36. The highest BCUT2D eigenvalue weighted by Crippen LogP contribution is 2.33. The Morgan fingerprint density at radius 3 is 2.90 bits per heavy atom. The van der Waals surface area contributed by atoms with Gasteiger partial charge in [0.05, 0.1) is 17.2 Å². The summed E-state index contributed by atoms with van der Waals surface area (Å²) in [5, 5.41) is 16.3. The average Bonchev–Trinajstić information content (AvgIpc) is 3.52. The van der Waals surface area contributed by atoms with E-state index in [1.54, 1.807) is 11.3 Å². The molecule has 29 heavy (non-hydrogen) atoms. The fourth-order valence-electron chi connectivity index (χ4n) is 4.14. The fraction of sp³-hybridized carbons (Fsp3) is 0.238. The molecule has 1 aliphatic rings. The summed E-state index contributed by atoms with van der Waals surface area (Å²) in [4.78, 5) is 17.4. The Kier molecular flexibility index (Phi) is 3.92. The maximum absolute atomic E-state index is 4.74. The normalized spacial score (nSPS) is 15.4. The number of aromatic amines is 2. The maximum Gasteiger partial charge on any atom is 0.178 e. The maximum atomic E-state index is 4.74. The highest BCUT2D eigenvalue weighted by molar-refractivity contribution is 7.08. The van der Waals surface area contributed by atoms with E-state index in [2.05, 4.69) is 53.4 Å². The molecule has 5 aromatic rings. The molecule has 7 nitrogen and oxygen atoms in total. The number of imidazole rings is 1. The lowest BCUT2D eigenvalue weighted by molar-refractivity contribution is 0.453. The number of H-pyrrole nitrogens is 2. The van der Waals surface area contributed by atoms with E-state index in [1.165, 1.54) is 5.56 Å². The highest BCUT2D eigenvalue weighted by atomic mass is 32.1. The van der Waals surface area contributed by atoms with Gasteiger partial charge < -0.3 is 10.3 Å².